The molecule has 0 saturated carbocycles. The van der Waals surface area contributed by atoms with Crippen LogP contribution in [0.1, 0.15) is 32.6 Å². The highest BCUT2D eigenvalue weighted by atomic mass is 16.5. The molecule has 1 unspecified atom stereocenters. The fourth-order valence-electron chi connectivity index (χ4n) is 1.79. The van der Waals surface area contributed by atoms with Gasteiger partial charge in [-0.3, -0.25) is 0 Å². The van der Waals surface area contributed by atoms with Crippen molar-refractivity contribution in [3.05, 3.63) is 30.0 Å². The van der Waals surface area contributed by atoms with Crippen LogP contribution in [0.3, 0.4) is 0 Å². The number of benzene rings is 1. The largest absolute Gasteiger partial charge is 0.494 e. The van der Waals surface area contributed by atoms with E-state index < -0.39 is 0 Å². The van der Waals surface area contributed by atoms with E-state index in [9.17, 15) is 0 Å². The van der Waals surface area contributed by atoms with Gasteiger partial charge in [0.1, 0.15) is 17.1 Å². The Morgan fingerprint density at radius 1 is 1.29 bits per heavy atom. The Hall–Kier alpha value is -1.48. The molecule has 92 valence electrons. The zero-order valence-electron chi connectivity index (χ0n) is 10.6. The van der Waals surface area contributed by atoms with Gasteiger partial charge in [0.25, 0.3) is 0 Å². The first-order chi connectivity index (χ1) is 8.11. The highest BCUT2D eigenvalue weighted by molar-refractivity contribution is 5.79. The third-order valence-corrected chi connectivity index (χ3v) is 2.86. The van der Waals surface area contributed by atoms with Gasteiger partial charge in [-0.15, -0.1) is 0 Å². The molecular weight excluding hydrogens is 214 g/mol. The van der Waals surface area contributed by atoms with E-state index in [1.165, 1.54) is 0 Å². The Bertz CT molecular complexity index is 502. The van der Waals surface area contributed by atoms with Crippen LogP contribution in [-0.2, 0) is 0 Å². The minimum atomic E-state index is -0.0575. The van der Waals surface area contributed by atoms with Gasteiger partial charge >= 0.3 is 0 Å². The van der Waals surface area contributed by atoms with Crippen molar-refractivity contribution >= 4 is 11.0 Å². The Morgan fingerprint density at radius 3 is 2.71 bits per heavy atom. The summed E-state index contributed by atoms with van der Waals surface area (Å²) in [7, 11) is 0. The second-order valence-electron chi connectivity index (χ2n) is 4.55. The first-order valence-corrected chi connectivity index (χ1v) is 6.03. The maximum atomic E-state index is 6.07. The van der Waals surface area contributed by atoms with Crippen LogP contribution in [0.2, 0.25) is 0 Å². The van der Waals surface area contributed by atoms with E-state index in [1.807, 2.05) is 31.2 Å². The molecule has 0 aliphatic carbocycles. The minimum absolute atomic E-state index is 0.0575. The maximum absolute atomic E-state index is 6.07. The Morgan fingerprint density at radius 2 is 2.06 bits per heavy atom. The summed E-state index contributed by atoms with van der Waals surface area (Å²) in [5.41, 5.74) is 6.93. The lowest BCUT2D eigenvalue weighted by Gasteiger charge is -2.11. The van der Waals surface area contributed by atoms with E-state index in [-0.39, 0.29) is 6.04 Å². The van der Waals surface area contributed by atoms with Crippen molar-refractivity contribution in [1.29, 1.82) is 0 Å². The molecule has 0 radical (unpaired) electrons. The Labute approximate surface area is 102 Å². The molecule has 0 fully saturated rings. The molecular formula is C14H19NO2. The molecule has 2 N–H and O–H groups in total. The van der Waals surface area contributed by atoms with Crippen molar-refractivity contribution < 1.29 is 9.15 Å². The second kappa shape index (κ2) is 4.80. The highest BCUT2D eigenvalue weighted by Gasteiger charge is 2.15. The van der Waals surface area contributed by atoms with E-state index >= 15 is 0 Å². The third kappa shape index (κ3) is 2.44. The summed E-state index contributed by atoms with van der Waals surface area (Å²) in [5.74, 6) is 2.07. The SMILES string of the molecule is CCOc1ccc2oc(C(N)C(C)C)cc2c1. The Balaban J connectivity index is 2.36. The molecule has 0 aliphatic heterocycles. The molecule has 0 saturated heterocycles. The van der Waals surface area contributed by atoms with Gasteiger partial charge in [-0.05, 0) is 37.1 Å². The second-order valence-corrected chi connectivity index (χ2v) is 4.55. The highest BCUT2D eigenvalue weighted by Crippen LogP contribution is 2.29. The molecule has 17 heavy (non-hydrogen) atoms. The monoisotopic (exact) mass is 233 g/mol. The molecule has 1 aromatic heterocycles. The number of ether oxygens (including phenoxy) is 1. The van der Waals surface area contributed by atoms with Crippen molar-refractivity contribution in [2.45, 2.75) is 26.8 Å². The summed E-state index contributed by atoms with van der Waals surface area (Å²) in [6, 6.07) is 7.77. The molecule has 3 nitrogen and oxygen atoms in total. The van der Waals surface area contributed by atoms with E-state index in [4.69, 9.17) is 14.9 Å². The normalized spacial score (nSPS) is 13.2. The van der Waals surface area contributed by atoms with E-state index in [0.29, 0.717) is 12.5 Å². The molecule has 0 aliphatic rings. The number of hydrogen-bond acceptors (Lipinski definition) is 3. The van der Waals surface area contributed by atoms with Crippen molar-refractivity contribution in [3.63, 3.8) is 0 Å². The molecule has 2 aromatic rings. The minimum Gasteiger partial charge on any atom is -0.494 e. The Kier molecular flexibility index (Phi) is 3.38. The molecule has 1 heterocycles. The van der Waals surface area contributed by atoms with Crippen molar-refractivity contribution in [3.8, 4) is 5.75 Å². The van der Waals surface area contributed by atoms with Gasteiger partial charge in [0.2, 0.25) is 0 Å². The summed E-state index contributed by atoms with van der Waals surface area (Å²) < 4.78 is 11.2. The molecule has 1 aromatic carbocycles. The van der Waals surface area contributed by atoms with Crippen molar-refractivity contribution in [2.75, 3.05) is 6.61 Å². The quantitative estimate of drug-likeness (QED) is 0.879. The lowest BCUT2D eigenvalue weighted by atomic mass is 10.0. The zero-order valence-corrected chi connectivity index (χ0v) is 10.6. The van der Waals surface area contributed by atoms with Gasteiger partial charge in [0, 0.05) is 5.39 Å². The lowest BCUT2D eigenvalue weighted by Crippen LogP contribution is -2.15. The average molecular weight is 233 g/mol. The summed E-state index contributed by atoms with van der Waals surface area (Å²) in [5, 5.41) is 1.04. The smallest absolute Gasteiger partial charge is 0.134 e. The number of nitrogens with two attached hydrogens (primary N) is 1. The third-order valence-electron chi connectivity index (χ3n) is 2.86. The van der Waals surface area contributed by atoms with Crippen LogP contribution < -0.4 is 10.5 Å². The molecule has 0 spiro atoms. The van der Waals surface area contributed by atoms with E-state index in [2.05, 4.69) is 13.8 Å². The average Bonchev–Trinajstić information content (AvgIpc) is 2.71. The topological polar surface area (TPSA) is 48.4 Å². The van der Waals surface area contributed by atoms with Crippen molar-refractivity contribution in [2.24, 2.45) is 11.7 Å². The van der Waals surface area contributed by atoms with Gasteiger partial charge in [0.05, 0.1) is 12.6 Å². The first-order valence-electron chi connectivity index (χ1n) is 6.03. The summed E-state index contributed by atoms with van der Waals surface area (Å²) >= 11 is 0. The van der Waals surface area contributed by atoms with Gasteiger partial charge in [-0.25, -0.2) is 0 Å². The molecule has 0 bridgehead atoms. The maximum Gasteiger partial charge on any atom is 0.134 e. The van der Waals surface area contributed by atoms with Crippen LogP contribution in [0.5, 0.6) is 5.75 Å². The zero-order chi connectivity index (χ0) is 12.4. The van der Waals surface area contributed by atoms with Gasteiger partial charge in [-0.2, -0.15) is 0 Å². The van der Waals surface area contributed by atoms with Gasteiger partial charge in [-0.1, -0.05) is 13.8 Å². The van der Waals surface area contributed by atoms with Gasteiger partial charge < -0.3 is 14.9 Å². The standard InChI is InChI=1S/C14H19NO2/c1-4-16-11-5-6-12-10(7-11)8-13(17-12)14(15)9(2)3/h5-9,14H,4,15H2,1-3H3. The predicted octanol–water partition coefficient (Wildman–Crippen LogP) is 3.49. The first kappa shape index (κ1) is 12.0. The number of rotatable bonds is 4. The predicted molar refractivity (Wildman–Crippen MR) is 69.1 cm³/mol. The summed E-state index contributed by atoms with van der Waals surface area (Å²) in [4.78, 5) is 0. The van der Waals surface area contributed by atoms with Crippen LogP contribution in [0.25, 0.3) is 11.0 Å². The van der Waals surface area contributed by atoms with Crippen LogP contribution >= 0.6 is 0 Å². The fraction of sp³-hybridized carbons (Fsp3) is 0.429. The van der Waals surface area contributed by atoms with Gasteiger partial charge in [0.15, 0.2) is 0 Å². The van der Waals surface area contributed by atoms with E-state index in [0.717, 1.165) is 22.5 Å². The van der Waals surface area contributed by atoms with Crippen LogP contribution in [0.15, 0.2) is 28.7 Å². The van der Waals surface area contributed by atoms with Crippen LogP contribution in [0.4, 0.5) is 0 Å². The van der Waals surface area contributed by atoms with E-state index in [1.54, 1.807) is 0 Å². The fourth-order valence-corrected chi connectivity index (χ4v) is 1.79. The number of furan rings is 1. The summed E-state index contributed by atoms with van der Waals surface area (Å²) in [6.07, 6.45) is 0. The molecule has 0 amide bonds. The van der Waals surface area contributed by atoms with Crippen molar-refractivity contribution in [1.82, 2.24) is 0 Å². The lowest BCUT2D eigenvalue weighted by molar-refractivity contribution is 0.340. The number of fused-ring (bicyclic) bond motifs is 1. The summed E-state index contributed by atoms with van der Waals surface area (Å²) in [6.45, 7) is 6.81. The van der Waals surface area contributed by atoms with Crippen LogP contribution in [0, 0.1) is 5.92 Å². The molecule has 3 heteroatoms. The number of hydrogen-bond donors (Lipinski definition) is 1. The molecule has 1 atom stereocenters. The molecule has 2 rings (SSSR count). The van der Waals surface area contributed by atoms with Crippen LogP contribution in [-0.4, -0.2) is 6.61 Å².